The highest BCUT2D eigenvalue weighted by molar-refractivity contribution is 5.79. The molecule has 0 unspecified atom stereocenters. The fraction of sp³-hybridized carbons (Fsp3) is 0.588. The molecule has 0 radical (unpaired) electrons. The second kappa shape index (κ2) is 6.48. The number of hydrogen-bond acceptors (Lipinski definition) is 3. The summed E-state index contributed by atoms with van der Waals surface area (Å²) >= 11 is 0. The molecule has 1 saturated carbocycles. The van der Waals surface area contributed by atoms with Crippen molar-refractivity contribution >= 4 is 5.91 Å². The van der Waals surface area contributed by atoms with Crippen LogP contribution in [-0.2, 0) is 11.2 Å². The minimum atomic E-state index is 0.238. The van der Waals surface area contributed by atoms with Crippen LogP contribution in [-0.4, -0.2) is 41.6 Å². The maximum absolute atomic E-state index is 12.6. The van der Waals surface area contributed by atoms with E-state index in [4.69, 9.17) is 0 Å². The minimum Gasteiger partial charge on any atom is -0.508 e. The number of rotatable bonds is 5. The van der Waals surface area contributed by atoms with Crippen molar-refractivity contribution < 1.29 is 9.90 Å². The standard InChI is InChI=1S/C17H24N2O2/c20-16-5-1-13(2-6-16)11-17(21)19(15-3-4-15)12-14-7-9-18-10-8-14/h1-2,5-6,14-15,18,20H,3-4,7-12H2. The molecular weight excluding hydrogens is 264 g/mol. The second-order valence-corrected chi connectivity index (χ2v) is 6.31. The number of phenolic OH excluding ortho intramolecular Hbond substituents is 1. The molecule has 1 aliphatic carbocycles. The third-order valence-electron chi connectivity index (χ3n) is 4.51. The van der Waals surface area contributed by atoms with E-state index in [1.54, 1.807) is 12.1 Å². The number of nitrogens with zero attached hydrogens (tertiary/aromatic N) is 1. The predicted molar refractivity (Wildman–Crippen MR) is 82.1 cm³/mol. The Morgan fingerprint density at radius 3 is 2.43 bits per heavy atom. The van der Waals surface area contributed by atoms with E-state index in [9.17, 15) is 9.90 Å². The topological polar surface area (TPSA) is 52.6 Å². The summed E-state index contributed by atoms with van der Waals surface area (Å²) in [6, 6.07) is 7.45. The quantitative estimate of drug-likeness (QED) is 0.870. The molecular formula is C17H24N2O2. The molecule has 0 aromatic heterocycles. The van der Waals surface area contributed by atoms with Gasteiger partial charge in [-0.15, -0.1) is 0 Å². The van der Waals surface area contributed by atoms with Crippen molar-refractivity contribution in [3.8, 4) is 5.75 Å². The molecule has 2 N–H and O–H groups in total. The highest BCUT2D eigenvalue weighted by atomic mass is 16.3. The molecule has 4 nitrogen and oxygen atoms in total. The third kappa shape index (κ3) is 3.97. The largest absolute Gasteiger partial charge is 0.508 e. The maximum Gasteiger partial charge on any atom is 0.227 e. The molecule has 21 heavy (non-hydrogen) atoms. The van der Waals surface area contributed by atoms with Crippen LogP contribution in [0.1, 0.15) is 31.2 Å². The van der Waals surface area contributed by atoms with Crippen molar-refractivity contribution in [1.29, 1.82) is 0 Å². The van der Waals surface area contributed by atoms with Gasteiger partial charge in [0, 0.05) is 12.6 Å². The fourth-order valence-corrected chi connectivity index (χ4v) is 3.07. The van der Waals surface area contributed by atoms with Gasteiger partial charge in [-0.1, -0.05) is 12.1 Å². The lowest BCUT2D eigenvalue weighted by Crippen LogP contribution is -2.41. The first-order chi connectivity index (χ1) is 10.2. The van der Waals surface area contributed by atoms with Crippen LogP contribution in [0.3, 0.4) is 0 Å². The fourth-order valence-electron chi connectivity index (χ4n) is 3.07. The van der Waals surface area contributed by atoms with Gasteiger partial charge in [0.15, 0.2) is 0 Å². The Kier molecular flexibility index (Phi) is 4.44. The molecule has 1 heterocycles. The summed E-state index contributed by atoms with van der Waals surface area (Å²) in [5, 5.41) is 12.7. The van der Waals surface area contributed by atoms with Crippen LogP contribution in [0.15, 0.2) is 24.3 Å². The molecule has 0 spiro atoms. The van der Waals surface area contributed by atoms with Gasteiger partial charge in [-0.25, -0.2) is 0 Å². The van der Waals surface area contributed by atoms with Crippen molar-refractivity contribution in [2.45, 2.75) is 38.1 Å². The molecule has 1 aromatic rings. The molecule has 2 aliphatic rings. The van der Waals surface area contributed by atoms with Crippen molar-refractivity contribution in [2.24, 2.45) is 5.92 Å². The van der Waals surface area contributed by atoms with Gasteiger partial charge in [0.1, 0.15) is 5.75 Å². The molecule has 1 aromatic carbocycles. The van der Waals surface area contributed by atoms with Crippen LogP contribution in [0.4, 0.5) is 0 Å². The normalized spacial score (nSPS) is 19.4. The SMILES string of the molecule is O=C(Cc1ccc(O)cc1)N(CC1CCNCC1)C1CC1. The van der Waals surface area contributed by atoms with E-state index in [0.717, 1.165) is 38.0 Å². The zero-order chi connectivity index (χ0) is 14.7. The molecule has 1 amide bonds. The smallest absolute Gasteiger partial charge is 0.227 e. The van der Waals surface area contributed by atoms with E-state index < -0.39 is 0 Å². The molecule has 114 valence electrons. The van der Waals surface area contributed by atoms with Crippen molar-refractivity contribution in [3.05, 3.63) is 29.8 Å². The first-order valence-electron chi connectivity index (χ1n) is 8.00. The lowest BCUT2D eigenvalue weighted by Gasteiger charge is -2.30. The van der Waals surface area contributed by atoms with Gasteiger partial charge in [-0.05, 0) is 62.4 Å². The van der Waals surface area contributed by atoms with Gasteiger partial charge in [0.25, 0.3) is 0 Å². The van der Waals surface area contributed by atoms with Gasteiger partial charge in [0.2, 0.25) is 5.91 Å². The van der Waals surface area contributed by atoms with Crippen LogP contribution in [0.5, 0.6) is 5.75 Å². The lowest BCUT2D eigenvalue weighted by molar-refractivity contribution is -0.131. The number of hydrogen-bond donors (Lipinski definition) is 2. The van der Waals surface area contributed by atoms with E-state index >= 15 is 0 Å². The van der Waals surface area contributed by atoms with E-state index in [-0.39, 0.29) is 11.7 Å². The van der Waals surface area contributed by atoms with Crippen LogP contribution < -0.4 is 5.32 Å². The first-order valence-corrected chi connectivity index (χ1v) is 8.00. The Morgan fingerprint density at radius 2 is 1.81 bits per heavy atom. The van der Waals surface area contributed by atoms with E-state index in [1.165, 1.54) is 12.8 Å². The Labute approximate surface area is 126 Å². The van der Waals surface area contributed by atoms with Crippen molar-refractivity contribution in [3.63, 3.8) is 0 Å². The number of carbonyl (C=O) groups excluding carboxylic acids is 1. The molecule has 3 rings (SSSR count). The highest BCUT2D eigenvalue weighted by Crippen LogP contribution is 2.29. The Balaban J connectivity index is 1.60. The van der Waals surface area contributed by atoms with Gasteiger partial charge in [-0.3, -0.25) is 4.79 Å². The summed E-state index contributed by atoms with van der Waals surface area (Å²) in [6.45, 7) is 3.08. The second-order valence-electron chi connectivity index (χ2n) is 6.31. The number of phenols is 1. The average Bonchev–Trinajstić information content (AvgIpc) is 3.33. The van der Waals surface area contributed by atoms with E-state index in [2.05, 4.69) is 10.2 Å². The summed E-state index contributed by atoms with van der Waals surface area (Å²) < 4.78 is 0. The Bertz CT molecular complexity index is 476. The number of carbonyl (C=O) groups is 1. The van der Waals surface area contributed by atoms with Gasteiger partial charge in [0.05, 0.1) is 6.42 Å². The summed E-state index contributed by atoms with van der Waals surface area (Å²) in [5.74, 6) is 1.14. The van der Waals surface area contributed by atoms with Gasteiger partial charge >= 0.3 is 0 Å². The Hall–Kier alpha value is -1.55. The summed E-state index contributed by atoms with van der Waals surface area (Å²) in [6.07, 6.45) is 5.12. The number of piperidine rings is 1. The number of amides is 1. The summed E-state index contributed by atoms with van der Waals surface area (Å²) in [7, 11) is 0. The average molecular weight is 288 g/mol. The zero-order valence-electron chi connectivity index (χ0n) is 12.4. The zero-order valence-corrected chi connectivity index (χ0v) is 12.4. The first kappa shape index (κ1) is 14.4. The van der Waals surface area contributed by atoms with Crippen molar-refractivity contribution in [2.75, 3.05) is 19.6 Å². The maximum atomic E-state index is 12.6. The molecule has 4 heteroatoms. The number of benzene rings is 1. The van der Waals surface area contributed by atoms with Crippen LogP contribution in [0, 0.1) is 5.92 Å². The van der Waals surface area contributed by atoms with Gasteiger partial charge < -0.3 is 15.3 Å². The summed E-state index contributed by atoms with van der Waals surface area (Å²) in [5.41, 5.74) is 0.980. The van der Waals surface area contributed by atoms with Crippen LogP contribution in [0.2, 0.25) is 0 Å². The van der Waals surface area contributed by atoms with E-state index in [1.807, 2.05) is 12.1 Å². The molecule has 1 saturated heterocycles. The third-order valence-corrected chi connectivity index (χ3v) is 4.51. The molecule has 0 bridgehead atoms. The van der Waals surface area contributed by atoms with Crippen LogP contribution in [0.25, 0.3) is 0 Å². The number of aromatic hydroxyl groups is 1. The lowest BCUT2D eigenvalue weighted by atomic mass is 9.97. The summed E-state index contributed by atoms with van der Waals surface area (Å²) in [4.78, 5) is 14.7. The number of nitrogens with one attached hydrogen (secondary N) is 1. The monoisotopic (exact) mass is 288 g/mol. The van der Waals surface area contributed by atoms with Crippen molar-refractivity contribution in [1.82, 2.24) is 10.2 Å². The highest BCUT2D eigenvalue weighted by Gasteiger charge is 2.34. The molecule has 1 aliphatic heterocycles. The molecule has 0 atom stereocenters. The minimum absolute atomic E-state index is 0.238. The Morgan fingerprint density at radius 1 is 1.14 bits per heavy atom. The van der Waals surface area contributed by atoms with Gasteiger partial charge in [-0.2, -0.15) is 0 Å². The van der Waals surface area contributed by atoms with Crippen LogP contribution >= 0.6 is 0 Å². The van der Waals surface area contributed by atoms with E-state index in [0.29, 0.717) is 18.4 Å². The predicted octanol–water partition coefficient (Wildman–Crippen LogP) is 1.93. The molecule has 2 fully saturated rings.